The predicted molar refractivity (Wildman–Crippen MR) is 105 cm³/mol. The van der Waals surface area contributed by atoms with Crippen LogP contribution >= 0.6 is 0 Å². The van der Waals surface area contributed by atoms with Crippen LogP contribution in [0.15, 0.2) is 48.5 Å². The van der Waals surface area contributed by atoms with Gasteiger partial charge in [-0.15, -0.1) is 0 Å². The molecule has 1 aliphatic rings. The van der Waals surface area contributed by atoms with Gasteiger partial charge in [0.1, 0.15) is 5.75 Å². The van der Waals surface area contributed by atoms with Gasteiger partial charge in [0.2, 0.25) is 5.91 Å². The first-order valence-corrected chi connectivity index (χ1v) is 9.19. The van der Waals surface area contributed by atoms with Gasteiger partial charge in [-0.3, -0.25) is 14.5 Å². The summed E-state index contributed by atoms with van der Waals surface area (Å²) in [4.78, 5) is 26.6. The van der Waals surface area contributed by atoms with Crippen LogP contribution in [0.3, 0.4) is 0 Å². The van der Waals surface area contributed by atoms with Crippen molar-refractivity contribution < 1.29 is 14.7 Å². The van der Waals surface area contributed by atoms with Crippen LogP contribution in [0, 0.1) is 6.92 Å². The van der Waals surface area contributed by atoms with Crippen LogP contribution in [-0.4, -0.2) is 47.5 Å². The van der Waals surface area contributed by atoms with Crippen LogP contribution < -0.4 is 10.6 Å². The normalized spacial score (nSPS) is 15.3. The van der Waals surface area contributed by atoms with Crippen molar-refractivity contribution in [3.8, 4) is 5.75 Å². The van der Waals surface area contributed by atoms with Gasteiger partial charge in [0.15, 0.2) is 0 Å². The highest BCUT2D eigenvalue weighted by molar-refractivity contribution is 5.97. The lowest BCUT2D eigenvalue weighted by Gasteiger charge is -2.31. The van der Waals surface area contributed by atoms with Crippen molar-refractivity contribution in [3.63, 3.8) is 0 Å². The number of aromatic hydroxyl groups is 1. The Labute approximate surface area is 159 Å². The van der Waals surface area contributed by atoms with Crippen molar-refractivity contribution >= 4 is 17.5 Å². The van der Waals surface area contributed by atoms with Crippen LogP contribution in [-0.2, 0) is 4.79 Å². The molecule has 1 heterocycles. The second-order valence-electron chi connectivity index (χ2n) is 6.96. The van der Waals surface area contributed by atoms with Gasteiger partial charge >= 0.3 is 0 Å². The van der Waals surface area contributed by atoms with Crippen molar-refractivity contribution in [2.45, 2.75) is 25.8 Å². The van der Waals surface area contributed by atoms with E-state index in [4.69, 9.17) is 0 Å². The number of piperidine rings is 1. The maximum absolute atomic E-state index is 12.4. The summed E-state index contributed by atoms with van der Waals surface area (Å²) in [6.45, 7) is 3.71. The molecule has 1 saturated heterocycles. The maximum atomic E-state index is 12.4. The summed E-state index contributed by atoms with van der Waals surface area (Å²) in [6.07, 6.45) is 1.55. The van der Waals surface area contributed by atoms with E-state index in [1.807, 2.05) is 37.3 Å². The van der Waals surface area contributed by atoms with E-state index < -0.39 is 0 Å². The molecule has 0 aliphatic carbocycles. The maximum Gasteiger partial charge on any atom is 0.255 e. The molecule has 2 aromatic rings. The Morgan fingerprint density at radius 1 is 1.11 bits per heavy atom. The summed E-state index contributed by atoms with van der Waals surface area (Å²) in [6, 6.07) is 14.4. The standard InChI is InChI=1S/C21H25N3O3/c1-15-7-8-19(25)18(13-15)21(27)23-17-9-11-24(12-10-17)14-20(26)22-16-5-3-2-4-6-16/h2-8,13,17,25H,9-12,14H2,1H3,(H,22,26)(H,23,27). The first-order chi connectivity index (χ1) is 13.0. The Morgan fingerprint density at radius 3 is 2.52 bits per heavy atom. The molecule has 1 aliphatic heterocycles. The molecule has 27 heavy (non-hydrogen) atoms. The lowest BCUT2D eigenvalue weighted by Crippen LogP contribution is -2.46. The summed E-state index contributed by atoms with van der Waals surface area (Å²) in [7, 11) is 0. The molecule has 0 aromatic heterocycles. The molecular weight excluding hydrogens is 342 g/mol. The number of likely N-dealkylation sites (tertiary alicyclic amines) is 1. The van der Waals surface area contributed by atoms with E-state index in [1.165, 1.54) is 6.07 Å². The number of para-hydroxylation sites is 1. The molecule has 0 unspecified atom stereocenters. The first-order valence-electron chi connectivity index (χ1n) is 9.19. The summed E-state index contributed by atoms with van der Waals surface area (Å²) < 4.78 is 0. The van der Waals surface area contributed by atoms with E-state index in [0.29, 0.717) is 12.1 Å². The number of carbonyl (C=O) groups is 2. The fourth-order valence-corrected chi connectivity index (χ4v) is 3.26. The number of carbonyl (C=O) groups excluding carboxylic acids is 2. The fourth-order valence-electron chi connectivity index (χ4n) is 3.26. The lowest BCUT2D eigenvalue weighted by molar-refractivity contribution is -0.117. The Bertz CT molecular complexity index is 800. The topological polar surface area (TPSA) is 81.7 Å². The highest BCUT2D eigenvalue weighted by Crippen LogP contribution is 2.19. The Kier molecular flexibility index (Phi) is 6.08. The number of rotatable bonds is 5. The number of phenols is 1. The second-order valence-corrected chi connectivity index (χ2v) is 6.96. The molecule has 3 N–H and O–H groups in total. The minimum Gasteiger partial charge on any atom is -0.507 e. The molecule has 142 valence electrons. The SMILES string of the molecule is Cc1ccc(O)c(C(=O)NC2CCN(CC(=O)Nc3ccccc3)CC2)c1. The van der Waals surface area contributed by atoms with Gasteiger partial charge < -0.3 is 15.7 Å². The zero-order valence-electron chi connectivity index (χ0n) is 15.4. The number of phenolic OH excluding ortho intramolecular Hbond substituents is 1. The lowest BCUT2D eigenvalue weighted by atomic mass is 10.0. The van der Waals surface area contributed by atoms with E-state index in [-0.39, 0.29) is 23.6 Å². The molecule has 0 spiro atoms. The van der Waals surface area contributed by atoms with E-state index in [0.717, 1.165) is 37.2 Å². The molecule has 6 nitrogen and oxygen atoms in total. The number of nitrogens with zero attached hydrogens (tertiary/aromatic N) is 1. The third-order valence-electron chi connectivity index (χ3n) is 4.74. The number of amides is 2. The zero-order valence-corrected chi connectivity index (χ0v) is 15.4. The van der Waals surface area contributed by atoms with Gasteiger partial charge in [0.25, 0.3) is 5.91 Å². The van der Waals surface area contributed by atoms with Crippen LogP contribution in [0.1, 0.15) is 28.8 Å². The van der Waals surface area contributed by atoms with Gasteiger partial charge in [0.05, 0.1) is 12.1 Å². The summed E-state index contributed by atoms with van der Waals surface area (Å²) >= 11 is 0. The van der Waals surface area contributed by atoms with Crippen LogP contribution in [0.4, 0.5) is 5.69 Å². The van der Waals surface area contributed by atoms with Gasteiger partial charge in [-0.2, -0.15) is 0 Å². The predicted octanol–water partition coefficient (Wildman–Crippen LogP) is 2.53. The van der Waals surface area contributed by atoms with Gasteiger partial charge in [-0.25, -0.2) is 0 Å². The molecule has 0 radical (unpaired) electrons. The average molecular weight is 367 g/mol. The van der Waals surface area contributed by atoms with Crippen molar-refractivity contribution in [2.24, 2.45) is 0 Å². The molecule has 6 heteroatoms. The van der Waals surface area contributed by atoms with Crippen molar-refractivity contribution in [2.75, 3.05) is 25.0 Å². The largest absolute Gasteiger partial charge is 0.507 e. The Hall–Kier alpha value is -2.86. The minimum atomic E-state index is -0.253. The zero-order chi connectivity index (χ0) is 19.2. The molecular formula is C21H25N3O3. The summed E-state index contributed by atoms with van der Waals surface area (Å²) in [5.74, 6) is -0.294. The molecule has 0 bridgehead atoms. The average Bonchev–Trinajstić information content (AvgIpc) is 2.66. The first kappa shape index (κ1) is 18.9. The van der Waals surface area contributed by atoms with Gasteiger partial charge in [0, 0.05) is 24.8 Å². The van der Waals surface area contributed by atoms with Crippen molar-refractivity contribution in [1.29, 1.82) is 0 Å². The summed E-state index contributed by atoms with van der Waals surface area (Å²) in [5.41, 5.74) is 2.03. The smallest absolute Gasteiger partial charge is 0.255 e. The number of aryl methyl sites for hydroxylation is 1. The van der Waals surface area contributed by atoms with Crippen LogP contribution in [0.2, 0.25) is 0 Å². The molecule has 1 fully saturated rings. The molecule has 2 amide bonds. The number of anilines is 1. The summed E-state index contributed by atoms with van der Waals surface area (Å²) in [5, 5.41) is 15.8. The van der Waals surface area contributed by atoms with Crippen LogP contribution in [0.5, 0.6) is 5.75 Å². The minimum absolute atomic E-state index is 0.00637. The van der Waals surface area contributed by atoms with Gasteiger partial charge in [-0.05, 0) is 44.0 Å². The third-order valence-corrected chi connectivity index (χ3v) is 4.74. The molecule has 2 aromatic carbocycles. The Balaban J connectivity index is 1.45. The number of hydrogen-bond acceptors (Lipinski definition) is 4. The highest BCUT2D eigenvalue weighted by atomic mass is 16.3. The van der Waals surface area contributed by atoms with Crippen molar-refractivity contribution in [3.05, 3.63) is 59.7 Å². The fraction of sp³-hybridized carbons (Fsp3) is 0.333. The Morgan fingerprint density at radius 2 is 1.81 bits per heavy atom. The third kappa shape index (κ3) is 5.31. The highest BCUT2D eigenvalue weighted by Gasteiger charge is 2.23. The molecule has 3 rings (SSSR count). The van der Waals surface area contributed by atoms with Crippen LogP contribution in [0.25, 0.3) is 0 Å². The monoisotopic (exact) mass is 367 g/mol. The van der Waals surface area contributed by atoms with E-state index >= 15 is 0 Å². The van der Waals surface area contributed by atoms with E-state index in [1.54, 1.807) is 12.1 Å². The van der Waals surface area contributed by atoms with E-state index in [9.17, 15) is 14.7 Å². The second kappa shape index (κ2) is 8.68. The van der Waals surface area contributed by atoms with Gasteiger partial charge in [-0.1, -0.05) is 29.8 Å². The number of nitrogens with one attached hydrogen (secondary N) is 2. The molecule has 0 saturated carbocycles. The number of hydrogen-bond donors (Lipinski definition) is 3. The van der Waals surface area contributed by atoms with Crippen molar-refractivity contribution in [1.82, 2.24) is 10.2 Å². The molecule has 0 atom stereocenters. The quantitative estimate of drug-likeness (QED) is 0.759. The number of benzene rings is 2. The van der Waals surface area contributed by atoms with E-state index in [2.05, 4.69) is 15.5 Å².